The van der Waals surface area contributed by atoms with Gasteiger partial charge >= 0.3 is 0 Å². The summed E-state index contributed by atoms with van der Waals surface area (Å²) in [7, 11) is 0. The molecule has 4 rings (SSSR count). The Hall–Kier alpha value is -2.77. The van der Waals surface area contributed by atoms with Crippen LogP contribution in [0.1, 0.15) is 41.0 Å². The molecule has 0 saturated carbocycles. The van der Waals surface area contributed by atoms with E-state index in [0.29, 0.717) is 31.7 Å². The van der Waals surface area contributed by atoms with Crippen molar-refractivity contribution in [1.29, 1.82) is 0 Å². The van der Waals surface area contributed by atoms with Gasteiger partial charge in [0.15, 0.2) is 5.82 Å². The van der Waals surface area contributed by atoms with Gasteiger partial charge < -0.3 is 9.80 Å². The van der Waals surface area contributed by atoms with E-state index in [9.17, 15) is 9.59 Å². The number of aryl methyl sites for hydroxylation is 2. The van der Waals surface area contributed by atoms with Crippen LogP contribution in [0.5, 0.6) is 0 Å². The summed E-state index contributed by atoms with van der Waals surface area (Å²) >= 11 is 0. The van der Waals surface area contributed by atoms with Gasteiger partial charge in [0.05, 0.1) is 5.41 Å². The van der Waals surface area contributed by atoms with E-state index in [1.54, 1.807) is 19.2 Å². The number of fused-ring (bicyclic) bond motifs is 1. The Balaban J connectivity index is 1.62. The molecule has 1 N–H and O–H groups in total. The summed E-state index contributed by atoms with van der Waals surface area (Å²) in [4.78, 5) is 37.5. The minimum Gasteiger partial charge on any atom is -0.342 e. The molecule has 2 aromatic heterocycles. The van der Waals surface area contributed by atoms with Crippen LogP contribution in [0, 0.1) is 19.8 Å². The number of carbonyl (C=O) groups excluding carboxylic acids is 2. The van der Waals surface area contributed by atoms with E-state index in [2.05, 4.69) is 20.2 Å². The highest BCUT2D eigenvalue weighted by atomic mass is 16.2. The number of nitrogens with one attached hydrogen (secondary N) is 1. The Morgan fingerprint density at radius 2 is 2.04 bits per heavy atom. The molecule has 27 heavy (non-hydrogen) atoms. The van der Waals surface area contributed by atoms with Crippen molar-refractivity contribution in [1.82, 2.24) is 30.0 Å². The first-order valence-corrected chi connectivity index (χ1v) is 9.26. The van der Waals surface area contributed by atoms with Crippen LogP contribution in [0.15, 0.2) is 18.3 Å². The fraction of sp³-hybridized carbons (Fsp3) is 0.526. The summed E-state index contributed by atoms with van der Waals surface area (Å²) in [6.07, 6.45) is 2.41. The SMILES string of the molecule is CC(=O)N1C[C@H]2CN(C(=O)c3ccnc(C)c3)CC[C@@]2(c2n[nH]c(C)n2)C1. The van der Waals surface area contributed by atoms with Gasteiger partial charge in [0.1, 0.15) is 5.82 Å². The van der Waals surface area contributed by atoms with E-state index >= 15 is 0 Å². The average molecular weight is 368 g/mol. The average Bonchev–Trinajstić information content (AvgIpc) is 3.25. The molecule has 2 saturated heterocycles. The number of aromatic amines is 1. The maximum atomic E-state index is 13.0. The number of H-pyrrole nitrogens is 1. The maximum Gasteiger partial charge on any atom is 0.253 e. The molecule has 2 aliphatic heterocycles. The number of aromatic nitrogens is 4. The Labute approximate surface area is 158 Å². The second-order valence-electron chi connectivity index (χ2n) is 7.68. The summed E-state index contributed by atoms with van der Waals surface area (Å²) in [6.45, 7) is 7.81. The summed E-state index contributed by atoms with van der Waals surface area (Å²) in [5.41, 5.74) is 1.19. The largest absolute Gasteiger partial charge is 0.342 e. The van der Waals surface area contributed by atoms with E-state index < -0.39 is 0 Å². The zero-order valence-corrected chi connectivity index (χ0v) is 15.9. The molecule has 0 unspecified atom stereocenters. The quantitative estimate of drug-likeness (QED) is 0.856. The predicted octanol–water partition coefficient (Wildman–Crippen LogP) is 1.08. The van der Waals surface area contributed by atoms with Crippen LogP contribution in [0.4, 0.5) is 0 Å². The smallest absolute Gasteiger partial charge is 0.253 e. The van der Waals surface area contributed by atoms with Gasteiger partial charge in [-0.2, -0.15) is 5.10 Å². The maximum absolute atomic E-state index is 13.0. The number of piperidine rings is 1. The van der Waals surface area contributed by atoms with Gasteiger partial charge in [-0.05, 0) is 32.4 Å². The molecular weight excluding hydrogens is 344 g/mol. The molecule has 0 aromatic carbocycles. The van der Waals surface area contributed by atoms with E-state index in [1.165, 1.54) is 0 Å². The second-order valence-corrected chi connectivity index (χ2v) is 7.68. The molecule has 2 aromatic rings. The third-order valence-electron chi connectivity index (χ3n) is 5.88. The van der Waals surface area contributed by atoms with E-state index in [4.69, 9.17) is 0 Å². The monoisotopic (exact) mass is 368 g/mol. The van der Waals surface area contributed by atoms with Gasteiger partial charge in [-0.25, -0.2) is 4.98 Å². The highest BCUT2D eigenvalue weighted by Gasteiger charge is 2.54. The Morgan fingerprint density at radius 3 is 2.70 bits per heavy atom. The van der Waals surface area contributed by atoms with Crippen LogP contribution in [-0.4, -0.2) is 68.0 Å². The normalized spacial score (nSPS) is 24.8. The first-order chi connectivity index (χ1) is 12.9. The molecule has 0 spiro atoms. The lowest BCUT2D eigenvalue weighted by molar-refractivity contribution is -0.128. The Morgan fingerprint density at radius 1 is 1.26 bits per heavy atom. The van der Waals surface area contributed by atoms with Crippen LogP contribution in [-0.2, 0) is 10.2 Å². The molecule has 2 atom stereocenters. The van der Waals surface area contributed by atoms with Crippen molar-refractivity contribution in [2.24, 2.45) is 5.92 Å². The van der Waals surface area contributed by atoms with Gasteiger partial charge in [0.25, 0.3) is 5.91 Å². The third-order valence-corrected chi connectivity index (χ3v) is 5.88. The summed E-state index contributed by atoms with van der Waals surface area (Å²) in [5.74, 6) is 1.73. The number of carbonyl (C=O) groups is 2. The number of amides is 2. The zero-order chi connectivity index (χ0) is 19.2. The Bertz CT molecular complexity index is 894. The molecular formula is C19H24N6O2. The zero-order valence-electron chi connectivity index (χ0n) is 15.9. The van der Waals surface area contributed by atoms with Crippen molar-refractivity contribution in [3.63, 3.8) is 0 Å². The summed E-state index contributed by atoms with van der Waals surface area (Å²) < 4.78 is 0. The van der Waals surface area contributed by atoms with Crippen molar-refractivity contribution < 1.29 is 9.59 Å². The standard InChI is InChI=1S/C19H24N6O2/c1-12-8-15(4-6-20-12)17(27)24-7-5-19(18-21-13(2)22-23-18)11-25(14(3)26)10-16(19)9-24/h4,6,8,16H,5,7,9-11H2,1-3H3,(H,21,22,23)/t16-,19-/m1/s1. The van der Waals surface area contributed by atoms with Gasteiger partial charge in [0.2, 0.25) is 5.91 Å². The lowest BCUT2D eigenvalue weighted by Gasteiger charge is -2.41. The second kappa shape index (κ2) is 6.44. The molecule has 2 amide bonds. The van der Waals surface area contributed by atoms with E-state index in [0.717, 1.165) is 23.8 Å². The van der Waals surface area contributed by atoms with Gasteiger partial charge in [0, 0.05) is 56.5 Å². The van der Waals surface area contributed by atoms with Crippen LogP contribution < -0.4 is 0 Å². The lowest BCUT2D eigenvalue weighted by Crippen LogP contribution is -2.51. The number of nitrogens with zero attached hydrogens (tertiary/aromatic N) is 5. The van der Waals surface area contributed by atoms with E-state index in [1.807, 2.05) is 29.7 Å². The number of likely N-dealkylation sites (tertiary alicyclic amines) is 2. The molecule has 0 radical (unpaired) electrons. The van der Waals surface area contributed by atoms with Crippen LogP contribution in [0.3, 0.4) is 0 Å². The van der Waals surface area contributed by atoms with Gasteiger partial charge in [-0.3, -0.25) is 19.7 Å². The topological polar surface area (TPSA) is 95.1 Å². The predicted molar refractivity (Wildman–Crippen MR) is 98.0 cm³/mol. The molecule has 8 heteroatoms. The fourth-order valence-electron chi connectivity index (χ4n) is 4.40. The van der Waals surface area contributed by atoms with Gasteiger partial charge in [-0.15, -0.1) is 0 Å². The minimum absolute atomic E-state index is 0.0153. The molecule has 4 heterocycles. The van der Waals surface area contributed by atoms with Crippen molar-refractivity contribution in [3.05, 3.63) is 41.2 Å². The van der Waals surface area contributed by atoms with E-state index in [-0.39, 0.29) is 23.1 Å². The highest BCUT2D eigenvalue weighted by molar-refractivity contribution is 5.94. The van der Waals surface area contributed by atoms with Crippen molar-refractivity contribution in [3.8, 4) is 0 Å². The molecule has 0 aliphatic carbocycles. The molecule has 2 fully saturated rings. The molecule has 142 valence electrons. The highest BCUT2D eigenvalue weighted by Crippen LogP contribution is 2.44. The number of rotatable bonds is 2. The minimum atomic E-state index is -0.290. The van der Waals surface area contributed by atoms with Crippen molar-refractivity contribution >= 4 is 11.8 Å². The number of pyridine rings is 1. The van der Waals surface area contributed by atoms with Gasteiger partial charge in [-0.1, -0.05) is 0 Å². The lowest BCUT2D eigenvalue weighted by atomic mass is 9.71. The number of hydrogen-bond donors (Lipinski definition) is 1. The van der Waals surface area contributed by atoms with Crippen LogP contribution in [0.2, 0.25) is 0 Å². The molecule has 2 aliphatic rings. The van der Waals surface area contributed by atoms with Crippen LogP contribution >= 0.6 is 0 Å². The Kier molecular flexibility index (Phi) is 4.20. The first kappa shape index (κ1) is 17.6. The van der Waals surface area contributed by atoms with Crippen molar-refractivity contribution in [2.75, 3.05) is 26.2 Å². The molecule has 0 bridgehead atoms. The van der Waals surface area contributed by atoms with Crippen molar-refractivity contribution in [2.45, 2.75) is 32.6 Å². The molecule has 8 nitrogen and oxygen atoms in total. The first-order valence-electron chi connectivity index (χ1n) is 9.26. The third kappa shape index (κ3) is 2.98. The fourth-order valence-corrected chi connectivity index (χ4v) is 4.40. The summed E-state index contributed by atoms with van der Waals surface area (Å²) in [6, 6.07) is 3.58. The summed E-state index contributed by atoms with van der Waals surface area (Å²) in [5, 5.41) is 7.35. The van der Waals surface area contributed by atoms with Crippen LogP contribution in [0.25, 0.3) is 0 Å². The number of hydrogen-bond acceptors (Lipinski definition) is 5.